The summed E-state index contributed by atoms with van der Waals surface area (Å²) in [4.78, 5) is 8.45. The van der Waals surface area contributed by atoms with E-state index in [9.17, 15) is 0 Å². The van der Waals surface area contributed by atoms with Gasteiger partial charge in [0.1, 0.15) is 5.82 Å². The lowest BCUT2D eigenvalue weighted by Crippen LogP contribution is -2.01. The largest absolute Gasteiger partial charge is 0.662 e. The maximum absolute atomic E-state index is 4.38. The van der Waals surface area contributed by atoms with Crippen molar-refractivity contribution in [3.8, 4) is 0 Å². The van der Waals surface area contributed by atoms with Crippen molar-refractivity contribution in [1.29, 1.82) is 0 Å². The first-order valence-corrected chi connectivity index (χ1v) is 4.29. The summed E-state index contributed by atoms with van der Waals surface area (Å²) in [5.41, 5.74) is 1.16. The van der Waals surface area contributed by atoms with Crippen LogP contribution in [0, 0.1) is 6.92 Å². The molecule has 1 saturated heterocycles. The molecule has 12 heavy (non-hydrogen) atoms. The van der Waals surface area contributed by atoms with Crippen LogP contribution >= 0.6 is 0 Å². The first-order valence-electron chi connectivity index (χ1n) is 4.29. The van der Waals surface area contributed by atoms with Crippen LogP contribution in [0.5, 0.6) is 0 Å². The van der Waals surface area contributed by atoms with Gasteiger partial charge in [-0.2, -0.15) is 0 Å². The lowest BCUT2D eigenvalue weighted by Gasteiger charge is -2.11. The second kappa shape index (κ2) is 3.19. The Labute approximate surface area is 72.2 Å². The van der Waals surface area contributed by atoms with E-state index < -0.39 is 0 Å². The number of rotatable bonds is 1. The minimum atomic E-state index is 0.548. The Bertz CT molecular complexity index is 266. The first-order chi connectivity index (χ1) is 5.86. The van der Waals surface area contributed by atoms with Crippen molar-refractivity contribution >= 4 is 0 Å². The molecule has 0 N–H and O–H groups in total. The zero-order valence-corrected chi connectivity index (χ0v) is 7.20. The van der Waals surface area contributed by atoms with Crippen molar-refractivity contribution in [3.05, 3.63) is 29.1 Å². The molecule has 2 rings (SSSR count). The second-order valence-corrected chi connectivity index (χ2v) is 3.14. The summed E-state index contributed by atoms with van der Waals surface area (Å²) in [5.74, 6) is 1.41. The third-order valence-electron chi connectivity index (χ3n) is 2.20. The molecule has 0 radical (unpaired) electrons. The van der Waals surface area contributed by atoms with Gasteiger partial charge in [0.25, 0.3) is 0 Å². The van der Waals surface area contributed by atoms with Crippen LogP contribution in [0.1, 0.15) is 23.9 Å². The number of hydrogen-bond donors (Lipinski definition) is 0. The van der Waals surface area contributed by atoms with Crippen LogP contribution in [0.15, 0.2) is 12.3 Å². The molecule has 1 aromatic rings. The topological polar surface area (TPSA) is 39.9 Å². The van der Waals surface area contributed by atoms with Crippen molar-refractivity contribution in [3.63, 3.8) is 0 Å². The Morgan fingerprint density at radius 1 is 1.58 bits per heavy atom. The van der Waals surface area contributed by atoms with E-state index in [4.69, 9.17) is 0 Å². The summed E-state index contributed by atoms with van der Waals surface area (Å²) >= 11 is 0. The van der Waals surface area contributed by atoms with E-state index >= 15 is 0 Å². The van der Waals surface area contributed by atoms with Crippen molar-refractivity contribution in [1.82, 2.24) is 9.97 Å². The summed E-state index contributed by atoms with van der Waals surface area (Å²) in [5, 5.41) is 4.31. The highest BCUT2D eigenvalue weighted by atomic mass is 14.9. The smallest absolute Gasteiger partial charge is 0.125 e. The SMILES string of the molecule is Cc1nccc(C2CC[N-]C2)n1. The van der Waals surface area contributed by atoms with Gasteiger partial charge in [-0.1, -0.05) is 6.42 Å². The summed E-state index contributed by atoms with van der Waals surface area (Å²) in [7, 11) is 0. The molecule has 1 aromatic heterocycles. The molecule has 1 atom stereocenters. The summed E-state index contributed by atoms with van der Waals surface area (Å²) in [6.07, 6.45) is 2.98. The molecule has 3 heteroatoms. The summed E-state index contributed by atoms with van der Waals surface area (Å²) < 4.78 is 0. The van der Waals surface area contributed by atoms with Gasteiger partial charge in [-0.25, -0.2) is 9.97 Å². The molecule has 0 amide bonds. The Kier molecular flexibility index (Phi) is 2.04. The third-order valence-corrected chi connectivity index (χ3v) is 2.20. The standard InChI is InChI=1S/C9H12N3/c1-7-11-5-3-9(12-7)8-2-4-10-6-8/h3,5,8H,2,4,6H2,1H3/q-1. The van der Waals surface area contributed by atoms with Gasteiger partial charge in [0.05, 0.1) is 0 Å². The highest BCUT2D eigenvalue weighted by Crippen LogP contribution is 2.25. The molecule has 0 spiro atoms. The summed E-state index contributed by atoms with van der Waals surface area (Å²) in [6, 6.07) is 2.00. The van der Waals surface area contributed by atoms with Gasteiger partial charge >= 0.3 is 0 Å². The monoisotopic (exact) mass is 162 g/mol. The zero-order chi connectivity index (χ0) is 8.39. The van der Waals surface area contributed by atoms with Gasteiger partial charge in [-0.15, -0.1) is 13.1 Å². The van der Waals surface area contributed by atoms with Crippen LogP contribution in [-0.4, -0.2) is 23.1 Å². The lowest BCUT2D eigenvalue weighted by atomic mass is 10.1. The van der Waals surface area contributed by atoms with E-state index in [1.54, 1.807) is 0 Å². The van der Waals surface area contributed by atoms with Crippen molar-refractivity contribution in [2.45, 2.75) is 19.3 Å². The zero-order valence-electron chi connectivity index (χ0n) is 7.20. The third kappa shape index (κ3) is 1.46. The molecule has 1 aliphatic rings. The Morgan fingerprint density at radius 2 is 2.50 bits per heavy atom. The Balaban J connectivity index is 2.21. The average molecular weight is 162 g/mol. The fraction of sp³-hybridized carbons (Fsp3) is 0.556. The van der Waals surface area contributed by atoms with E-state index in [1.807, 2.05) is 19.2 Å². The maximum Gasteiger partial charge on any atom is 0.125 e. The van der Waals surface area contributed by atoms with E-state index in [0.29, 0.717) is 5.92 Å². The average Bonchev–Trinajstić information content (AvgIpc) is 2.56. The molecular weight excluding hydrogens is 150 g/mol. The second-order valence-electron chi connectivity index (χ2n) is 3.14. The van der Waals surface area contributed by atoms with Gasteiger partial charge in [-0.3, -0.25) is 0 Å². The van der Waals surface area contributed by atoms with Gasteiger partial charge in [0.15, 0.2) is 0 Å². The predicted molar refractivity (Wildman–Crippen MR) is 47.2 cm³/mol. The number of aryl methyl sites for hydroxylation is 1. The highest BCUT2D eigenvalue weighted by Gasteiger charge is 2.10. The van der Waals surface area contributed by atoms with Crippen molar-refractivity contribution in [2.75, 3.05) is 13.1 Å². The van der Waals surface area contributed by atoms with Gasteiger partial charge < -0.3 is 5.32 Å². The van der Waals surface area contributed by atoms with Gasteiger partial charge in [0, 0.05) is 11.9 Å². The van der Waals surface area contributed by atoms with Crippen LogP contribution in [-0.2, 0) is 0 Å². The molecule has 1 aliphatic heterocycles. The van der Waals surface area contributed by atoms with E-state index in [0.717, 1.165) is 31.0 Å². The molecule has 0 bridgehead atoms. The lowest BCUT2D eigenvalue weighted by molar-refractivity contribution is 0.737. The normalized spacial score (nSPS) is 22.9. The summed E-state index contributed by atoms with van der Waals surface area (Å²) in [6.45, 7) is 3.86. The quantitative estimate of drug-likeness (QED) is 0.629. The molecule has 1 unspecified atom stereocenters. The van der Waals surface area contributed by atoms with E-state index in [-0.39, 0.29) is 0 Å². The fourth-order valence-electron chi connectivity index (χ4n) is 1.53. The van der Waals surface area contributed by atoms with E-state index in [1.165, 1.54) is 0 Å². The number of nitrogens with zero attached hydrogens (tertiary/aromatic N) is 3. The van der Waals surface area contributed by atoms with Crippen LogP contribution in [0.3, 0.4) is 0 Å². The molecule has 0 aliphatic carbocycles. The maximum atomic E-state index is 4.38. The minimum absolute atomic E-state index is 0.548. The van der Waals surface area contributed by atoms with Crippen molar-refractivity contribution < 1.29 is 0 Å². The van der Waals surface area contributed by atoms with Crippen LogP contribution in [0.4, 0.5) is 0 Å². The van der Waals surface area contributed by atoms with Crippen molar-refractivity contribution in [2.24, 2.45) is 0 Å². The number of hydrogen-bond acceptors (Lipinski definition) is 2. The van der Waals surface area contributed by atoms with E-state index in [2.05, 4.69) is 15.3 Å². The van der Waals surface area contributed by atoms with Gasteiger partial charge in [-0.05, 0) is 18.9 Å². The molecule has 0 saturated carbocycles. The molecule has 0 aromatic carbocycles. The first kappa shape index (κ1) is 7.68. The molecule has 64 valence electrons. The highest BCUT2D eigenvalue weighted by molar-refractivity contribution is 5.15. The van der Waals surface area contributed by atoms with Crippen LogP contribution in [0.2, 0.25) is 0 Å². The molecule has 3 nitrogen and oxygen atoms in total. The van der Waals surface area contributed by atoms with Crippen LogP contribution in [0.25, 0.3) is 5.32 Å². The van der Waals surface area contributed by atoms with Gasteiger partial charge in [0.2, 0.25) is 0 Å². The molecule has 1 fully saturated rings. The Hall–Kier alpha value is -0.960. The predicted octanol–water partition coefficient (Wildman–Crippen LogP) is 1.65. The number of aromatic nitrogens is 2. The molecular formula is C9H12N3-. The van der Waals surface area contributed by atoms with Crippen LogP contribution < -0.4 is 0 Å². The minimum Gasteiger partial charge on any atom is -0.662 e. The fourth-order valence-corrected chi connectivity index (χ4v) is 1.53. The molecule has 2 heterocycles. The Morgan fingerprint density at radius 3 is 3.17 bits per heavy atom.